The van der Waals surface area contributed by atoms with Gasteiger partial charge in [0.25, 0.3) is 0 Å². The van der Waals surface area contributed by atoms with Crippen molar-refractivity contribution in [3.8, 4) is 0 Å². The normalized spacial score (nSPS) is 18.7. The summed E-state index contributed by atoms with van der Waals surface area (Å²) in [5.41, 5.74) is 0. The predicted molar refractivity (Wildman–Crippen MR) is 85.0 cm³/mol. The summed E-state index contributed by atoms with van der Waals surface area (Å²) in [6, 6.07) is -0.362. The highest BCUT2D eigenvalue weighted by Gasteiger charge is 2.30. The lowest BCUT2D eigenvalue weighted by Gasteiger charge is -2.33. The molecule has 1 heterocycles. The fourth-order valence-electron chi connectivity index (χ4n) is 2.45. The molecule has 1 saturated heterocycles. The number of hydrogen-bond acceptors (Lipinski definition) is 3. The van der Waals surface area contributed by atoms with Gasteiger partial charge in [-0.1, -0.05) is 19.4 Å². The van der Waals surface area contributed by atoms with Crippen molar-refractivity contribution in [2.75, 3.05) is 33.2 Å². The number of rotatable bonds is 9. The van der Waals surface area contributed by atoms with Gasteiger partial charge in [-0.25, -0.2) is 0 Å². The highest BCUT2D eigenvalue weighted by atomic mass is 16.2. The number of nitrogens with one attached hydrogen (secondary N) is 1. The smallest absolute Gasteiger partial charge is 0.240 e. The number of piperazine rings is 1. The Balaban J connectivity index is 2.44. The molecule has 2 amide bonds. The molecule has 0 bridgehead atoms. The molecule has 0 saturated carbocycles. The number of carbonyl (C=O) groups excluding carboxylic acids is 2. The van der Waals surface area contributed by atoms with E-state index in [-0.39, 0.29) is 24.3 Å². The Kier molecular flexibility index (Phi) is 8.05. The van der Waals surface area contributed by atoms with Crippen molar-refractivity contribution in [3.63, 3.8) is 0 Å². The molecule has 1 aliphatic rings. The number of unbranched alkanes of at least 4 members (excludes halogenated alkanes) is 2. The zero-order valence-electron chi connectivity index (χ0n) is 13.4. The zero-order chi connectivity index (χ0) is 15.7. The van der Waals surface area contributed by atoms with E-state index in [0.717, 1.165) is 51.9 Å². The van der Waals surface area contributed by atoms with Crippen LogP contribution in [0.25, 0.3) is 0 Å². The van der Waals surface area contributed by atoms with Crippen LogP contribution in [-0.4, -0.2) is 60.9 Å². The molecule has 120 valence electrons. The molecule has 1 aliphatic heterocycles. The van der Waals surface area contributed by atoms with Crippen molar-refractivity contribution in [3.05, 3.63) is 12.7 Å². The molecule has 1 atom stereocenters. The molecule has 0 aromatic carbocycles. The number of carbonyl (C=O) groups is 2. The maximum Gasteiger partial charge on any atom is 0.240 e. The highest BCUT2D eigenvalue weighted by molar-refractivity contribution is 5.88. The summed E-state index contributed by atoms with van der Waals surface area (Å²) in [5, 5.41) is 3.17. The molecule has 0 aliphatic carbocycles. The highest BCUT2D eigenvalue weighted by Crippen LogP contribution is 2.09. The Labute approximate surface area is 128 Å². The van der Waals surface area contributed by atoms with E-state index in [4.69, 9.17) is 0 Å². The first-order valence-electron chi connectivity index (χ1n) is 7.97. The first-order valence-corrected chi connectivity index (χ1v) is 7.97. The van der Waals surface area contributed by atoms with E-state index in [1.807, 2.05) is 18.0 Å². The number of amides is 2. The van der Waals surface area contributed by atoms with Gasteiger partial charge in [-0.05, 0) is 19.3 Å². The van der Waals surface area contributed by atoms with E-state index in [1.165, 1.54) is 0 Å². The second-order valence-electron chi connectivity index (χ2n) is 5.64. The van der Waals surface area contributed by atoms with Gasteiger partial charge in [0.2, 0.25) is 11.8 Å². The Hall–Kier alpha value is -1.36. The Morgan fingerprint density at radius 3 is 2.95 bits per heavy atom. The van der Waals surface area contributed by atoms with Crippen LogP contribution in [0.15, 0.2) is 12.7 Å². The zero-order valence-corrected chi connectivity index (χ0v) is 13.4. The molecule has 1 fully saturated rings. The quantitative estimate of drug-likeness (QED) is 0.517. The van der Waals surface area contributed by atoms with Gasteiger partial charge in [0, 0.05) is 33.2 Å². The first-order chi connectivity index (χ1) is 10.1. The van der Waals surface area contributed by atoms with Gasteiger partial charge in [-0.15, -0.1) is 6.58 Å². The Bertz CT molecular complexity index is 357. The molecule has 0 radical (unpaired) electrons. The van der Waals surface area contributed by atoms with Crippen molar-refractivity contribution >= 4 is 11.8 Å². The fraction of sp³-hybridized carbons (Fsp3) is 0.750. The molecule has 5 heteroatoms. The lowest BCUT2D eigenvalue weighted by Crippen LogP contribution is -2.56. The average Bonchev–Trinajstić information content (AvgIpc) is 2.48. The topological polar surface area (TPSA) is 52.7 Å². The number of allylic oxidation sites excluding steroid dienone is 1. The minimum absolute atomic E-state index is 0.0437. The van der Waals surface area contributed by atoms with Crippen molar-refractivity contribution in [1.82, 2.24) is 15.1 Å². The third-order valence-electron chi connectivity index (χ3n) is 3.87. The molecule has 0 spiro atoms. The van der Waals surface area contributed by atoms with Crippen LogP contribution in [0.5, 0.6) is 0 Å². The largest absolute Gasteiger partial charge is 0.346 e. The summed E-state index contributed by atoms with van der Waals surface area (Å²) < 4.78 is 0. The van der Waals surface area contributed by atoms with Gasteiger partial charge in [-0.2, -0.15) is 0 Å². The van der Waals surface area contributed by atoms with Crippen molar-refractivity contribution in [2.24, 2.45) is 0 Å². The van der Waals surface area contributed by atoms with E-state index in [0.29, 0.717) is 0 Å². The van der Waals surface area contributed by atoms with Crippen LogP contribution in [0, 0.1) is 0 Å². The van der Waals surface area contributed by atoms with Crippen molar-refractivity contribution < 1.29 is 9.59 Å². The molecule has 21 heavy (non-hydrogen) atoms. The first kappa shape index (κ1) is 17.7. The molecular formula is C16H29N3O2. The third-order valence-corrected chi connectivity index (χ3v) is 3.87. The summed E-state index contributed by atoms with van der Waals surface area (Å²) in [5.74, 6) is 0.102. The van der Waals surface area contributed by atoms with Crippen LogP contribution < -0.4 is 5.32 Å². The second kappa shape index (κ2) is 9.55. The second-order valence-corrected chi connectivity index (χ2v) is 5.64. The van der Waals surface area contributed by atoms with Gasteiger partial charge in [-0.3, -0.25) is 9.59 Å². The number of nitrogens with zero attached hydrogens (tertiary/aromatic N) is 2. The summed E-state index contributed by atoms with van der Waals surface area (Å²) >= 11 is 0. The summed E-state index contributed by atoms with van der Waals surface area (Å²) in [6.45, 7) is 8.80. The van der Waals surface area contributed by atoms with Crippen LogP contribution >= 0.6 is 0 Å². The summed E-state index contributed by atoms with van der Waals surface area (Å²) in [7, 11) is 1.81. The SMILES string of the molecule is C=CCCCN1CCNC(CC(=O)N(C)CCCC)C1=O. The van der Waals surface area contributed by atoms with Crippen LogP contribution in [0.2, 0.25) is 0 Å². The molecule has 5 nitrogen and oxygen atoms in total. The molecule has 0 aromatic rings. The molecule has 1 N–H and O–H groups in total. The van der Waals surface area contributed by atoms with E-state index in [2.05, 4.69) is 18.8 Å². The maximum absolute atomic E-state index is 12.4. The predicted octanol–water partition coefficient (Wildman–Crippen LogP) is 1.40. The lowest BCUT2D eigenvalue weighted by atomic mass is 10.1. The van der Waals surface area contributed by atoms with Crippen molar-refractivity contribution in [2.45, 2.75) is 45.1 Å². The van der Waals surface area contributed by atoms with Gasteiger partial charge < -0.3 is 15.1 Å². The average molecular weight is 295 g/mol. The maximum atomic E-state index is 12.4. The van der Waals surface area contributed by atoms with E-state index >= 15 is 0 Å². The lowest BCUT2D eigenvalue weighted by molar-refractivity contribution is -0.140. The molecule has 1 unspecified atom stereocenters. The van der Waals surface area contributed by atoms with Crippen LogP contribution in [0.4, 0.5) is 0 Å². The summed E-state index contributed by atoms with van der Waals surface area (Å²) in [6.07, 6.45) is 6.05. The standard InChI is InChI=1S/C16H29N3O2/c1-4-6-8-11-19-12-9-17-14(16(19)21)13-15(20)18(3)10-7-5-2/h4,14,17H,1,5-13H2,2-3H3. The van der Waals surface area contributed by atoms with Crippen LogP contribution in [-0.2, 0) is 9.59 Å². The molecular weight excluding hydrogens is 266 g/mol. The minimum atomic E-state index is -0.362. The molecule has 0 aromatic heterocycles. The van der Waals surface area contributed by atoms with Crippen molar-refractivity contribution in [1.29, 1.82) is 0 Å². The Morgan fingerprint density at radius 2 is 2.29 bits per heavy atom. The minimum Gasteiger partial charge on any atom is -0.346 e. The molecule has 1 rings (SSSR count). The van der Waals surface area contributed by atoms with Gasteiger partial charge in [0.1, 0.15) is 0 Å². The monoisotopic (exact) mass is 295 g/mol. The van der Waals surface area contributed by atoms with Gasteiger partial charge >= 0.3 is 0 Å². The fourth-order valence-corrected chi connectivity index (χ4v) is 2.45. The number of hydrogen-bond donors (Lipinski definition) is 1. The van der Waals surface area contributed by atoms with E-state index < -0.39 is 0 Å². The van der Waals surface area contributed by atoms with Crippen LogP contribution in [0.1, 0.15) is 39.0 Å². The van der Waals surface area contributed by atoms with Gasteiger partial charge in [0.15, 0.2) is 0 Å². The third kappa shape index (κ3) is 5.87. The van der Waals surface area contributed by atoms with E-state index in [1.54, 1.807) is 4.90 Å². The summed E-state index contributed by atoms with van der Waals surface area (Å²) in [4.78, 5) is 28.1. The van der Waals surface area contributed by atoms with Gasteiger partial charge in [0.05, 0.1) is 12.5 Å². The Morgan fingerprint density at radius 1 is 1.52 bits per heavy atom. The van der Waals surface area contributed by atoms with Crippen LogP contribution in [0.3, 0.4) is 0 Å². The van der Waals surface area contributed by atoms with E-state index in [9.17, 15) is 9.59 Å².